The summed E-state index contributed by atoms with van der Waals surface area (Å²) in [5.74, 6) is 0.903. The first kappa shape index (κ1) is 27.9. The maximum Gasteiger partial charge on any atom is 0.319 e. The van der Waals surface area contributed by atoms with Gasteiger partial charge in [0, 0.05) is 19.5 Å². The molecule has 0 saturated carbocycles. The van der Waals surface area contributed by atoms with Crippen LogP contribution in [-0.4, -0.2) is 29.4 Å². The molecule has 0 aliphatic rings. The second-order valence-electron chi connectivity index (χ2n) is 3.56. The predicted octanol–water partition coefficient (Wildman–Crippen LogP) is 1.21. The summed E-state index contributed by atoms with van der Waals surface area (Å²) in [6, 6.07) is 0. The number of rotatable bonds is 3. The Bertz CT molecular complexity index is 218. The Balaban J connectivity index is -0.0000000813. The number of unbranched alkanes of at least 4 members (excludes halogenated alkanes) is 1. The van der Waals surface area contributed by atoms with Crippen molar-refractivity contribution in [1.29, 1.82) is 0 Å². The van der Waals surface area contributed by atoms with Crippen molar-refractivity contribution in [2.45, 2.75) is 40.0 Å². The van der Waals surface area contributed by atoms with E-state index in [1.54, 1.807) is 0 Å². The van der Waals surface area contributed by atoms with Gasteiger partial charge in [-0.15, -0.1) is 0 Å². The van der Waals surface area contributed by atoms with Crippen LogP contribution in [0.2, 0.25) is 0 Å². The summed E-state index contributed by atoms with van der Waals surface area (Å²) in [5, 5.41) is 0. The van der Waals surface area contributed by atoms with E-state index in [0.717, 1.165) is 5.92 Å². The molecular weight excluding hydrogens is 372 g/mol. The molecule has 6 nitrogen and oxygen atoms in total. The molecule has 0 aliphatic heterocycles. The fourth-order valence-corrected chi connectivity index (χ4v) is 0.612. The van der Waals surface area contributed by atoms with Gasteiger partial charge in [-0.3, -0.25) is 0 Å². The number of hydrogen-bond donors (Lipinski definition) is 6. The van der Waals surface area contributed by atoms with Crippen molar-refractivity contribution in [3.8, 4) is 0 Å². The van der Waals surface area contributed by atoms with Gasteiger partial charge in [-0.1, -0.05) is 40.0 Å². The Morgan fingerprint density at radius 3 is 1.17 bits per heavy atom. The smallest absolute Gasteiger partial charge is 0.319 e. The molecule has 0 atom stereocenters. The van der Waals surface area contributed by atoms with Gasteiger partial charge in [-0.25, -0.2) is 0 Å². The molecule has 0 amide bonds. The Hall–Kier alpha value is 1.68. The minimum Gasteiger partial charge on any atom is -0.325 e. The van der Waals surface area contributed by atoms with E-state index >= 15 is 0 Å². The van der Waals surface area contributed by atoms with Crippen LogP contribution in [0.1, 0.15) is 40.0 Å². The quantitative estimate of drug-likeness (QED) is 0.312. The van der Waals surface area contributed by atoms with Crippen LogP contribution < -0.4 is 0 Å². The Morgan fingerprint density at radius 1 is 0.889 bits per heavy atom. The van der Waals surface area contributed by atoms with Gasteiger partial charge in [0.25, 0.3) is 0 Å². The van der Waals surface area contributed by atoms with E-state index in [-0.39, 0.29) is 19.5 Å². The molecule has 11 heteroatoms. The minimum absolute atomic E-state index is 0. The van der Waals surface area contributed by atoms with E-state index in [1.165, 1.54) is 19.3 Å². The average Bonchev–Trinajstić information content (AvgIpc) is 1.93. The molecule has 0 saturated heterocycles. The number of hydrogen-bond acceptors (Lipinski definition) is 2. The van der Waals surface area contributed by atoms with Crippen LogP contribution in [-0.2, 0) is 43.1 Å². The second kappa shape index (κ2) is 15.1. The van der Waals surface area contributed by atoms with E-state index in [4.69, 9.17) is 29.4 Å². The standard InChI is InChI=1S/C7H16.2H3O3PS.Zn/c1-4-5-6-7(2)3;2*1-4(2,3)5;/h7H,4-6H2,1-3H3;2*(H3,1,2,3,5);. The monoisotopic (exact) mass is 392 g/mol. The van der Waals surface area contributed by atoms with E-state index in [1.807, 2.05) is 0 Å². The summed E-state index contributed by atoms with van der Waals surface area (Å²) in [6.45, 7) is -0.826. The van der Waals surface area contributed by atoms with Gasteiger partial charge < -0.3 is 29.4 Å². The first-order valence-corrected chi connectivity index (χ1v) is 10.2. The van der Waals surface area contributed by atoms with Crippen LogP contribution in [0.15, 0.2) is 0 Å². The second-order valence-corrected chi connectivity index (χ2v) is 8.56. The topological polar surface area (TPSA) is 121 Å². The molecule has 6 N–H and O–H groups in total. The molecule has 0 heterocycles. The SMILES string of the molecule is CCCCC(C)C.OP(O)(O)=S.OP(O)(O)=S.[Zn]. The zero-order valence-corrected chi connectivity index (χ0v) is 17.2. The van der Waals surface area contributed by atoms with Gasteiger partial charge in [0.1, 0.15) is 0 Å². The zero-order chi connectivity index (χ0) is 14.7. The van der Waals surface area contributed by atoms with Crippen LogP contribution >= 0.6 is 13.4 Å². The Labute approximate surface area is 131 Å². The van der Waals surface area contributed by atoms with Crippen molar-refractivity contribution >= 4 is 37.1 Å². The summed E-state index contributed by atoms with van der Waals surface area (Å²) in [6.07, 6.45) is 4.15. The van der Waals surface area contributed by atoms with Gasteiger partial charge in [0.05, 0.1) is 0 Å². The van der Waals surface area contributed by atoms with E-state index in [0.29, 0.717) is 0 Å². The van der Waals surface area contributed by atoms with E-state index in [2.05, 4.69) is 44.4 Å². The van der Waals surface area contributed by atoms with Gasteiger partial charge in [0.2, 0.25) is 0 Å². The van der Waals surface area contributed by atoms with Gasteiger partial charge >= 0.3 is 13.4 Å². The summed E-state index contributed by atoms with van der Waals surface area (Å²) in [4.78, 5) is 45.3. The summed E-state index contributed by atoms with van der Waals surface area (Å²) >= 11 is 7.21. The fraction of sp³-hybridized carbons (Fsp3) is 1.00. The third-order valence-electron chi connectivity index (χ3n) is 1.14. The molecule has 0 spiro atoms. The maximum absolute atomic E-state index is 7.56. The van der Waals surface area contributed by atoms with Crippen LogP contribution in [0.5, 0.6) is 0 Å². The van der Waals surface area contributed by atoms with E-state index < -0.39 is 13.4 Å². The minimum atomic E-state index is -3.81. The van der Waals surface area contributed by atoms with Gasteiger partial charge in [0.15, 0.2) is 0 Å². The molecule has 18 heavy (non-hydrogen) atoms. The Kier molecular flexibility index (Phi) is 23.4. The third-order valence-corrected chi connectivity index (χ3v) is 1.14. The molecule has 0 aromatic rings. The van der Waals surface area contributed by atoms with Crippen LogP contribution in [0.25, 0.3) is 0 Å². The molecule has 110 valence electrons. The fourth-order valence-electron chi connectivity index (χ4n) is 0.612. The molecule has 0 rings (SSSR count). The molecular formula is C7H22O6P2S2Zn. The molecule has 0 aliphatic carbocycles. The van der Waals surface area contributed by atoms with Crippen LogP contribution in [0, 0.1) is 5.92 Å². The van der Waals surface area contributed by atoms with Crippen molar-refractivity contribution in [2.24, 2.45) is 5.92 Å². The van der Waals surface area contributed by atoms with Crippen molar-refractivity contribution < 1.29 is 48.8 Å². The summed E-state index contributed by atoms with van der Waals surface area (Å²) in [7, 11) is 0. The molecule has 0 radical (unpaired) electrons. The van der Waals surface area contributed by atoms with Crippen molar-refractivity contribution in [3.05, 3.63) is 0 Å². The average molecular weight is 394 g/mol. The van der Waals surface area contributed by atoms with Crippen molar-refractivity contribution in [2.75, 3.05) is 0 Å². The molecule has 0 aromatic heterocycles. The third kappa shape index (κ3) is 152. The van der Waals surface area contributed by atoms with Crippen LogP contribution in [0.3, 0.4) is 0 Å². The maximum atomic E-state index is 7.56. The molecule has 0 aromatic carbocycles. The first-order valence-electron chi connectivity index (χ1n) is 4.84. The zero-order valence-electron chi connectivity index (χ0n) is 10.8. The normalized spacial score (nSPS) is 10.6. The van der Waals surface area contributed by atoms with Gasteiger partial charge in [-0.05, 0) is 29.5 Å². The summed E-state index contributed by atoms with van der Waals surface area (Å²) < 4.78 is 0. The van der Waals surface area contributed by atoms with Crippen molar-refractivity contribution in [1.82, 2.24) is 0 Å². The summed E-state index contributed by atoms with van der Waals surface area (Å²) in [5.41, 5.74) is 0. The predicted molar refractivity (Wildman–Crippen MR) is 76.2 cm³/mol. The molecule has 0 bridgehead atoms. The molecule has 0 unspecified atom stereocenters. The first-order chi connectivity index (χ1) is 7.27. The van der Waals surface area contributed by atoms with Gasteiger partial charge in [-0.2, -0.15) is 0 Å². The van der Waals surface area contributed by atoms with Crippen LogP contribution in [0.4, 0.5) is 0 Å². The van der Waals surface area contributed by atoms with E-state index in [9.17, 15) is 0 Å². The molecule has 0 fully saturated rings. The van der Waals surface area contributed by atoms with Crippen molar-refractivity contribution in [3.63, 3.8) is 0 Å². The Morgan fingerprint density at radius 2 is 1.11 bits per heavy atom. The largest absolute Gasteiger partial charge is 0.325 e.